The van der Waals surface area contributed by atoms with Crippen LogP contribution >= 0.6 is 11.8 Å². The zero-order valence-corrected chi connectivity index (χ0v) is 15.9. The Morgan fingerprint density at radius 2 is 2.00 bits per heavy atom. The predicted molar refractivity (Wildman–Crippen MR) is 104 cm³/mol. The van der Waals surface area contributed by atoms with E-state index >= 15 is 0 Å². The number of nitrogens with zero attached hydrogens (tertiary/aromatic N) is 3. The molecule has 1 aliphatic heterocycles. The molecule has 1 amide bonds. The Labute approximate surface area is 159 Å². The summed E-state index contributed by atoms with van der Waals surface area (Å²) < 4.78 is 5.45. The molecule has 1 atom stereocenters. The van der Waals surface area contributed by atoms with Crippen LogP contribution in [-0.4, -0.2) is 66.3 Å². The summed E-state index contributed by atoms with van der Waals surface area (Å²) in [5, 5.41) is 0. The van der Waals surface area contributed by atoms with Crippen LogP contribution in [0.5, 0.6) is 0 Å². The predicted octanol–water partition coefficient (Wildman–Crippen LogP) is 2.71. The van der Waals surface area contributed by atoms with Crippen molar-refractivity contribution in [2.75, 3.05) is 45.6 Å². The second kappa shape index (κ2) is 9.71. The van der Waals surface area contributed by atoms with Gasteiger partial charge in [0.1, 0.15) is 6.04 Å². The van der Waals surface area contributed by atoms with E-state index in [-0.39, 0.29) is 11.9 Å². The smallest absolute Gasteiger partial charge is 0.244 e. The third kappa shape index (κ3) is 5.06. The molecular weight excluding hydrogens is 346 g/mol. The quantitative estimate of drug-likeness (QED) is 0.701. The first-order chi connectivity index (χ1) is 12.8. The van der Waals surface area contributed by atoms with Gasteiger partial charge in [0.05, 0.1) is 13.2 Å². The highest BCUT2D eigenvalue weighted by Crippen LogP contribution is 2.24. The van der Waals surface area contributed by atoms with Gasteiger partial charge in [0.2, 0.25) is 5.91 Å². The number of thioether (sulfide) groups is 1. The highest BCUT2D eigenvalue weighted by Gasteiger charge is 2.31. The molecule has 0 saturated carbocycles. The molecule has 0 bridgehead atoms. The fourth-order valence-corrected chi connectivity index (χ4v) is 3.97. The van der Waals surface area contributed by atoms with E-state index in [9.17, 15) is 4.79 Å². The van der Waals surface area contributed by atoms with Gasteiger partial charge in [-0.15, -0.1) is 11.8 Å². The van der Waals surface area contributed by atoms with Crippen LogP contribution in [0.1, 0.15) is 11.6 Å². The van der Waals surface area contributed by atoms with Crippen LogP contribution in [0, 0.1) is 0 Å². The van der Waals surface area contributed by atoms with Gasteiger partial charge in [-0.05, 0) is 23.8 Å². The normalized spacial score (nSPS) is 16.2. The van der Waals surface area contributed by atoms with Gasteiger partial charge in [0.25, 0.3) is 0 Å². The second-order valence-electron chi connectivity index (χ2n) is 6.26. The van der Waals surface area contributed by atoms with Crippen molar-refractivity contribution >= 4 is 17.7 Å². The van der Waals surface area contributed by atoms with Crippen LogP contribution in [-0.2, 0) is 9.53 Å². The zero-order chi connectivity index (χ0) is 18.2. The lowest BCUT2D eigenvalue weighted by Gasteiger charge is -2.35. The molecule has 0 aliphatic carbocycles. The van der Waals surface area contributed by atoms with Crippen molar-refractivity contribution in [3.63, 3.8) is 0 Å². The van der Waals surface area contributed by atoms with Gasteiger partial charge in [0, 0.05) is 49.7 Å². The number of benzene rings is 1. The van der Waals surface area contributed by atoms with Gasteiger partial charge in [-0.3, -0.25) is 14.7 Å². The largest absolute Gasteiger partial charge is 0.379 e. The van der Waals surface area contributed by atoms with Crippen LogP contribution in [0.4, 0.5) is 0 Å². The number of carbonyl (C=O) groups is 1. The Kier molecular flexibility index (Phi) is 7.05. The number of hydrogen-bond acceptors (Lipinski definition) is 5. The molecule has 1 aromatic carbocycles. The lowest BCUT2D eigenvalue weighted by Crippen LogP contribution is -2.46. The van der Waals surface area contributed by atoms with Crippen LogP contribution in [0.15, 0.2) is 59.8 Å². The highest BCUT2D eigenvalue weighted by atomic mass is 32.2. The van der Waals surface area contributed by atoms with Gasteiger partial charge >= 0.3 is 0 Å². The average molecular weight is 372 g/mol. The van der Waals surface area contributed by atoms with E-state index in [4.69, 9.17) is 4.74 Å². The first-order valence-corrected chi connectivity index (χ1v) is 9.89. The second-order valence-corrected chi connectivity index (χ2v) is 7.43. The van der Waals surface area contributed by atoms with Crippen LogP contribution in [0.3, 0.4) is 0 Å². The Hall–Kier alpha value is -1.89. The molecule has 1 saturated heterocycles. The Morgan fingerprint density at radius 1 is 1.23 bits per heavy atom. The molecule has 5 nitrogen and oxygen atoms in total. The molecule has 0 unspecified atom stereocenters. The van der Waals surface area contributed by atoms with Crippen molar-refractivity contribution in [2.45, 2.75) is 10.9 Å². The van der Waals surface area contributed by atoms with Crippen LogP contribution in [0.2, 0.25) is 0 Å². The third-order valence-electron chi connectivity index (χ3n) is 4.46. The van der Waals surface area contributed by atoms with Gasteiger partial charge in [0.15, 0.2) is 0 Å². The van der Waals surface area contributed by atoms with Crippen molar-refractivity contribution in [3.05, 3.63) is 60.4 Å². The summed E-state index contributed by atoms with van der Waals surface area (Å²) >= 11 is 1.77. The zero-order valence-electron chi connectivity index (χ0n) is 15.1. The molecule has 1 aliphatic rings. The molecule has 1 aromatic heterocycles. The molecule has 0 N–H and O–H groups in total. The number of morpholine rings is 1. The lowest BCUT2D eigenvalue weighted by molar-refractivity contribution is -0.137. The van der Waals surface area contributed by atoms with Crippen molar-refractivity contribution in [1.82, 2.24) is 14.8 Å². The van der Waals surface area contributed by atoms with Crippen LogP contribution < -0.4 is 0 Å². The summed E-state index contributed by atoms with van der Waals surface area (Å²) in [6.45, 7) is 3.56. The van der Waals surface area contributed by atoms with E-state index < -0.39 is 0 Å². The summed E-state index contributed by atoms with van der Waals surface area (Å²) in [4.78, 5) is 22.7. The topological polar surface area (TPSA) is 45.7 Å². The van der Waals surface area contributed by atoms with E-state index in [1.54, 1.807) is 24.2 Å². The maximum absolute atomic E-state index is 13.2. The van der Waals surface area contributed by atoms with E-state index in [0.717, 1.165) is 24.4 Å². The van der Waals surface area contributed by atoms with Crippen molar-refractivity contribution in [1.29, 1.82) is 0 Å². The fraction of sp³-hybridized carbons (Fsp3) is 0.400. The maximum atomic E-state index is 13.2. The monoisotopic (exact) mass is 371 g/mol. The van der Waals surface area contributed by atoms with Crippen LogP contribution in [0.25, 0.3) is 0 Å². The minimum Gasteiger partial charge on any atom is -0.379 e. The first-order valence-electron chi connectivity index (χ1n) is 8.90. The highest BCUT2D eigenvalue weighted by molar-refractivity contribution is 7.99. The molecule has 3 rings (SSSR count). The minimum absolute atomic E-state index is 0.119. The number of pyridine rings is 1. The van der Waals surface area contributed by atoms with E-state index in [2.05, 4.69) is 22.0 Å². The number of rotatable bonds is 7. The standard InChI is InChI=1S/C20H25N3O2S/c1-22(12-15-26-18-7-3-2-4-8-18)20(24)19(17-6-5-9-21-16-17)23-10-13-25-14-11-23/h2-9,16,19H,10-15H2,1H3/t19-/m1/s1. The SMILES string of the molecule is CN(CCSc1ccccc1)C(=O)[C@@H](c1cccnc1)N1CCOCC1. The number of aromatic nitrogens is 1. The molecule has 2 heterocycles. The lowest BCUT2D eigenvalue weighted by atomic mass is 10.1. The third-order valence-corrected chi connectivity index (χ3v) is 5.45. The molecule has 0 radical (unpaired) electrons. The molecule has 0 spiro atoms. The number of amides is 1. The molecular formula is C20H25N3O2S. The number of likely N-dealkylation sites (N-methyl/N-ethyl adjacent to an activating group) is 1. The van der Waals surface area contributed by atoms with Gasteiger partial charge in [-0.25, -0.2) is 0 Å². The summed E-state index contributed by atoms with van der Waals surface area (Å²) in [6, 6.07) is 13.9. The molecule has 6 heteroatoms. The summed E-state index contributed by atoms with van der Waals surface area (Å²) in [5.74, 6) is 0.989. The first kappa shape index (κ1) is 18.9. The summed E-state index contributed by atoms with van der Waals surface area (Å²) in [7, 11) is 1.89. The fourth-order valence-electron chi connectivity index (χ4n) is 3.02. The van der Waals surface area contributed by atoms with E-state index in [1.807, 2.05) is 42.3 Å². The van der Waals surface area contributed by atoms with Gasteiger partial charge in [-0.1, -0.05) is 24.3 Å². The van der Waals surface area contributed by atoms with Gasteiger partial charge in [-0.2, -0.15) is 0 Å². The minimum atomic E-state index is -0.292. The van der Waals surface area contributed by atoms with E-state index in [1.165, 1.54) is 4.90 Å². The average Bonchev–Trinajstić information content (AvgIpc) is 2.70. The Bertz CT molecular complexity index is 678. The Morgan fingerprint density at radius 3 is 2.69 bits per heavy atom. The van der Waals surface area contributed by atoms with Crippen molar-refractivity contribution in [3.8, 4) is 0 Å². The van der Waals surface area contributed by atoms with Crippen molar-refractivity contribution < 1.29 is 9.53 Å². The molecule has 1 fully saturated rings. The van der Waals surface area contributed by atoms with Crippen molar-refractivity contribution in [2.24, 2.45) is 0 Å². The summed E-state index contributed by atoms with van der Waals surface area (Å²) in [6.07, 6.45) is 3.54. The molecule has 2 aromatic rings. The van der Waals surface area contributed by atoms with E-state index in [0.29, 0.717) is 19.8 Å². The maximum Gasteiger partial charge on any atom is 0.244 e. The number of hydrogen-bond donors (Lipinski definition) is 0. The Balaban J connectivity index is 1.64. The summed E-state index contributed by atoms with van der Waals surface area (Å²) in [5.41, 5.74) is 0.946. The number of ether oxygens (including phenoxy) is 1. The molecule has 26 heavy (non-hydrogen) atoms. The number of carbonyl (C=O) groups excluding carboxylic acids is 1. The molecule has 138 valence electrons. The van der Waals surface area contributed by atoms with Gasteiger partial charge < -0.3 is 9.64 Å².